The molecular formula is C24H41N3O2S. The van der Waals surface area contributed by atoms with Crippen molar-refractivity contribution in [1.29, 1.82) is 0 Å². The molecule has 5 nitrogen and oxygen atoms in total. The third kappa shape index (κ3) is 4.90. The van der Waals surface area contributed by atoms with Crippen molar-refractivity contribution in [3.05, 3.63) is 16.4 Å². The quantitative estimate of drug-likeness (QED) is 0.652. The molecule has 170 valence electrons. The highest BCUT2D eigenvalue weighted by Crippen LogP contribution is 2.56. The van der Waals surface area contributed by atoms with Crippen molar-refractivity contribution < 1.29 is 9.59 Å². The Balaban J connectivity index is 2.39. The average Bonchev–Trinajstić information content (AvgIpc) is 3.17. The number of unbranched alkanes of at least 4 members (excludes halogenated alkanes) is 1. The van der Waals surface area contributed by atoms with E-state index in [2.05, 4.69) is 62.0 Å². The molecule has 0 unspecified atom stereocenters. The molecule has 6 heteroatoms. The first kappa shape index (κ1) is 24.8. The van der Waals surface area contributed by atoms with Crippen molar-refractivity contribution in [2.45, 2.75) is 99.5 Å². The van der Waals surface area contributed by atoms with Crippen LogP contribution in [0.15, 0.2) is 11.2 Å². The van der Waals surface area contributed by atoms with Crippen molar-refractivity contribution in [3.63, 3.8) is 0 Å². The van der Waals surface area contributed by atoms with Gasteiger partial charge < -0.3 is 5.32 Å². The Bertz CT molecular complexity index is 828. The average molecular weight is 436 g/mol. The molecule has 1 fully saturated rings. The Kier molecular flexibility index (Phi) is 7.76. The van der Waals surface area contributed by atoms with Gasteiger partial charge in [-0.3, -0.25) is 13.5 Å². The summed E-state index contributed by atoms with van der Waals surface area (Å²) in [6, 6.07) is 0. The summed E-state index contributed by atoms with van der Waals surface area (Å²) in [6.07, 6.45) is 7.63. The molecule has 1 aromatic rings. The summed E-state index contributed by atoms with van der Waals surface area (Å²) < 4.78 is 3.03. The highest BCUT2D eigenvalue weighted by Gasteiger charge is 2.57. The van der Waals surface area contributed by atoms with Crippen molar-refractivity contribution in [2.24, 2.45) is 21.7 Å². The van der Waals surface area contributed by atoms with E-state index in [0.717, 1.165) is 42.3 Å². The number of hydrogen-bond acceptors (Lipinski definition) is 3. The van der Waals surface area contributed by atoms with Crippen molar-refractivity contribution >= 4 is 23.3 Å². The number of amides is 2. The van der Waals surface area contributed by atoms with Crippen LogP contribution in [0, 0.1) is 16.7 Å². The number of nitrogens with zero attached hydrogens (tertiary/aromatic N) is 2. The molecule has 0 aromatic carbocycles. The van der Waals surface area contributed by atoms with Crippen LogP contribution in [0.3, 0.4) is 0 Å². The molecule has 2 atom stereocenters. The van der Waals surface area contributed by atoms with Crippen LogP contribution in [-0.2, 0) is 21.5 Å². The normalized spacial score (nSPS) is 24.3. The van der Waals surface area contributed by atoms with Gasteiger partial charge in [0.1, 0.15) is 4.67 Å². The molecule has 1 aliphatic carbocycles. The minimum absolute atomic E-state index is 0.0402. The van der Waals surface area contributed by atoms with E-state index in [4.69, 9.17) is 0 Å². The number of hydrogen-bond donors (Lipinski definition) is 1. The van der Waals surface area contributed by atoms with E-state index >= 15 is 0 Å². The summed E-state index contributed by atoms with van der Waals surface area (Å²) in [4.78, 5) is 30.9. The van der Waals surface area contributed by atoms with E-state index in [9.17, 15) is 9.59 Å². The van der Waals surface area contributed by atoms with Gasteiger partial charge in [-0.15, -0.1) is 0 Å². The largest absolute Gasteiger partial charge is 0.356 e. The van der Waals surface area contributed by atoms with E-state index < -0.39 is 10.8 Å². The molecule has 30 heavy (non-hydrogen) atoms. The maximum atomic E-state index is 13.5. The number of aromatic nitrogens is 1. The lowest BCUT2D eigenvalue weighted by Gasteiger charge is -2.38. The van der Waals surface area contributed by atoms with Crippen LogP contribution in [0.5, 0.6) is 0 Å². The third-order valence-electron chi connectivity index (χ3n) is 6.96. The predicted octanol–water partition coefficient (Wildman–Crippen LogP) is 5.04. The summed E-state index contributed by atoms with van der Waals surface area (Å²) in [5.74, 6) is -0.168. The van der Waals surface area contributed by atoms with Gasteiger partial charge >= 0.3 is 0 Å². The molecule has 1 aliphatic rings. The summed E-state index contributed by atoms with van der Waals surface area (Å²) in [5.41, 5.74) is 0.0368. The fourth-order valence-electron chi connectivity index (χ4n) is 4.27. The van der Waals surface area contributed by atoms with E-state index in [1.807, 2.05) is 13.8 Å². The van der Waals surface area contributed by atoms with Gasteiger partial charge in [-0.25, -0.2) is 4.99 Å². The number of carbonyl (C=O) groups excluding carboxylic acids is 2. The zero-order valence-corrected chi connectivity index (χ0v) is 21.0. The Morgan fingerprint density at radius 3 is 2.47 bits per heavy atom. The van der Waals surface area contributed by atoms with Gasteiger partial charge in [0.05, 0.1) is 5.41 Å². The van der Waals surface area contributed by atoms with E-state index in [0.29, 0.717) is 13.0 Å². The smallest absolute Gasteiger partial charge is 0.253 e. The zero-order chi connectivity index (χ0) is 22.7. The second kappa shape index (κ2) is 9.37. The van der Waals surface area contributed by atoms with Gasteiger partial charge in [-0.2, -0.15) is 0 Å². The summed E-state index contributed by atoms with van der Waals surface area (Å²) in [5, 5.41) is 3.03. The Hall–Kier alpha value is -1.43. The Morgan fingerprint density at radius 1 is 1.23 bits per heavy atom. The van der Waals surface area contributed by atoms with Crippen LogP contribution in [-0.4, -0.2) is 22.3 Å². The highest BCUT2D eigenvalue weighted by molar-refractivity contribution is 7.04. The Morgan fingerprint density at radius 2 is 1.90 bits per heavy atom. The molecule has 1 aromatic heterocycles. The van der Waals surface area contributed by atoms with Gasteiger partial charge in [0.2, 0.25) is 5.91 Å². The monoisotopic (exact) mass is 435 g/mol. The number of rotatable bonds is 7. The van der Waals surface area contributed by atoms with Gasteiger partial charge in [-0.1, -0.05) is 41.0 Å². The van der Waals surface area contributed by atoms with Crippen LogP contribution < -0.4 is 9.99 Å². The van der Waals surface area contributed by atoms with Crippen LogP contribution in [0.2, 0.25) is 0 Å². The molecule has 0 radical (unpaired) electrons. The lowest BCUT2D eigenvalue weighted by Crippen LogP contribution is -2.45. The SMILES string of the molecule is CCCCc1cn(C(C)(C)C)sc1=NC(=O)[C@]1(C)CC[C@H](C(=O)NCCC)C1(C)C. The molecule has 0 bridgehead atoms. The maximum Gasteiger partial charge on any atom is 0.253 e. The van der Waals surface area contributed by atoms with Crippen LogP contribution in [0.25, 0.3) is 0 Å². The third-order valence-corrected chi connectivity index (χ3v) is 8.34. The first-order valence-electron chi connectivity index (χ1n) is 11.5. The lowest BCUT2D eigenvalue weighted by atomic mass is 9.65. The summed E-state index contributed by atoms with van der Waals surface area (Å²) in [7, 11) is 0. The summed E-state index contributed by atoms with van der Waals surface area (Å²) in [6.45, 7) is 17.5. The zero-order valence-electron chi connectivity index (χ0n) is 20.2. The fourth-order valence-corrected chi connectivity index (χ4v) is 5.30. The van der Waals surface area contributed by atoms with Crippen molar-refractivity contribution in [2.75, 3.05) is 6.54 Å². The van der Waals surface area contributed by atoms with Gasteiger partial charge in [0.15, 0.2) is 0 Å². The van der Waals surface area contributed by atoms with E-state index in [1.54, 1.807) is 11.5 Å². The van der Waals surface area contributed by atoms with E-state index in [1.165, 1.54) is 0 Å². The molecule has 0 aliphatic heterocycles. The highest BCUT2D eigenvalue weighted by atomic mass is 32.1. The van der Waals surface area contributed by atoms with Crippen LogP contribution >= 0.6 is 11.5 Å². The van der Waals surface area contributed by atoms with Crippen LogP contribution in [0.1, 0.15) is 93.1 Å². The second-order valence-corrected chi connectivity index (χ2v) is 11.5. The summed E-state index contributed by atoms with van der Waals surface area (Å²) >= 11 is 1.57. The molecule has 0 saturated heterocycles. The van der Waals surface area contributed by atoms with E-state index in [-0.39, 0.29) is 23.3 Å². The fraction of sp³-hybridized carbons (Fsp3) is 0.792. The maximum absolute atomic E-state index is 13.5. The minimum atomic E-state index is -0.639. The van der Waals surface area contributed by atoms with Crippen LogP contribution in [0.4, 0.5) is 0 Å². The lowest BCUT2D eigenvalue weighted by molar-refractivity contribution is -0.136. The molecule has 1 saturated carbocycles. The van der Waals surface area contributed by atoms with Gasteiger partial charge in [0, 0.05) is 29.8 Å². The minimum Gasteiger partial charge on any atom is -0.356 e. The van der Waals surface area contributed by atoms with Crippen molar-refractivity contribution in [1.82, 2.24) is 9.27 Å². The first-order chi connectivity index (χ1) is 13.9. The molecule has 0 spiro atoms. The molecule has 1 heterocycles. The number of nitrogens with one attached hydrogen (secondary N) is 1. The first-order valence-corrected chi connectivity index (χ1v) is 12.2. The van der Waals surface area contributed by atoms with Gasteiger partial charge in [0.25, 0.3) is 5.91 Å². The number of aryl methyl sites for hydroxylation is 1. The standard InChI is InChI=1S/C24H41N3O2S/c1-9-11-12-17-16-27(22(3,4)5)30-20(17)26-21(29)24(8)14-13-18(23(24,6)7)19(28)25-15-10-2/h16,18H,9-15H2,1-8H3,(H,25,28)/t18-,24+/m1/s1. The molecule has 2 amide bonds. The Labute approximate surface area is 186 Å². The number of carbonyl (C=O) groups is 2. The molecule has 1 N–H and O–H groups in total. The predicted molar refractivity (Wildman–Crippen MR) is 124 cm³/mol. The van der Waals surface area contributed by atoms with Crippen molar-refractivity contribution in [3.8, 4) is 0 Å². The molecular weight excluding hydrogens is 394 g/mol. The topological polar surface area (TPSA) is 63.5 Å². The second-order valence-electron chi connectivity index (χ2n) is 10.5. The molecule has 2 rings (SSSR count). The van der Waals surface area contributed by atoms with Gasteiger partial charge in [-0.05, 0) is 69.8 Å².